The number of hydrogen-bond acceptors (Lipinski definition) is 8. The molecular weight excluding hydrogens is 620 g/mol. The van der Waals surface area contributed by atoms with Crippen molar-refractivity contribution >= 4 is 40.1 Å². The van der Waals surface area contributed by atoms with Crippen molar-refractivity contribution in [3.63, 3.8) is 0 Å². The number of imide groups is 1. The van der Waals surface area contributed by atoms with Gasteiger partial charge in [-0.15, -0.1) is 0 Å². The van der Waals surface area contributed by atoms with Gasteiger partial charge in [0.05, 0.1) is 5.69 Å². The summed E-state index contributed by atoms with van der Waals surface area (Å²) >= 11 is 0. The van der Waals surface area contributed by atoms with Crippen LogP contribution >= 0.6 is 0 Å². The smallest absolute Gasteiger partial charge is 0.272 e. The van der Waals surface area contributed by atoms with Crippen LogP contribution in [0.4, 0.5) is 5.69 Å². The lowest BCUT2D eigenvalue weighted by Crippen LogP contribution is -2.53. The van der Waals surface area contributed by atoms with E-state index in [1.807, 2.05) is 42.2 Å². The zero-order valence-corrected chi connectivity index (χ0v) is 27.0. The molecule has 8 rings (SSSR count). The van der Waals surface area contributed by atoms with Crippen molar-refractivity contribution in [1.82, 2.24) is 34.6 Å². The Labute approximate surface area is 282 Å². The molecule has 5 aromatic rings. The number of piperidine rings is 1. The summed E-state index contributed by atoms with van der Waals surface area (Å²) in [5, 5.41) is 4.23. The van der Waals surface area contributed by atoms with Crippen LogP contribution in [0, 0.1) is 6.92 Å². The third-order valence-corrected chi connectivity index (χ3v) is 9.62. The third-order valence-electron chi connectivity index (χ3n) is 9.62. The Bertz CT molecular complexity index is 2120. The second-order valence-electron chi connectivity index (χ2n) is 12.8. The van der Waals surface area contributed by atoms with Gasteiger partial charge in [0.2, 0.25) is 17.8 Å². The maximum atomic E-state index is 13.5. The largest absolute Gasteiger partial charge is 0.335 e. The molecule has 1 atom stereocenters. The maximum Gasteiger partial charge on any atom is 0.272 e. The van der Waals surface area contributed by atoms with E-state index in [2.05, 4.69) is 49.4 Å². The number of piperazine rings is 1. The molecule has 1 unspecified atom stereocenters. The predicted molar refractivity (Wildman–Crippen MR) is 181 cm³/mol. The topological polar surface area (TPSA) is 134 Å². The first kappa shape index (κ1) is 30.6. The standard InChI is InChI=1S/C37H34N8O4/c1-23-19-29(40-37(39-23)44-14-13-38-22-44)36(49)43-17-15-42(16-18-43)21-25-7-5-24(6-8-25)20-26-9-10-30-33-27(26)3-2-4-28(33)35(48)45(30)31-11-12-32(46)41-34(31)47/h2-10,13-14,19,22,31H,11-12,15-18,20-21H2,1H3,(H,41,46,47). The fourth-order valence-corrected chi connectivity index (χ4v) is 7.13. The zero-order valence-electron chi connectivity index (χ0n) is 27.0. The minimum atomic E-state index is -0.702. The fourth-order valence-electron chi connectivity index (χ4n) is 7.13. The normalized spacial score (nSPS) is 18.0. The van der Waals surface area contributed by atoms with Gasteiger partial charge in [-0.25, -0.2) is 15.0 Å². The number of imidazole rings is 1. The van der Waals surface area contributed by atoms with E-state index >= 15 is 0 Å². The molecule has 2 aromatic heterocycles. The molecule has 49 heavy (non-hydrogen) atoms. The second kappa shape index (κ2) is 12.4. The van der Waals surface area contributed by atoms with Gasteiger partial charge < -0.3 is 4.90 Å². The average Bonchev–Trinajstić information content (AvgIpc) is 3.75. The molecule has 0 bridgehead atoms. The van der Waals surface area contributed by atoms with Gasteiger partial charge in [-0.05, 0) is 60.0 Å². The van der Waals surface area contributed by atoms with E-state index in [9.17, 15) is 19.2 Å². The molecule has 2 fully saturated rings. The van der Waals surface area contributed by atoms with Crippen molar-refractivity contribution in [2.24, 2.45) is 0 Å². The highest BCUT2D eigenvalue weighted by atomic mass is 16.2. The lowest BCUT2D eigenvalue weighted by atomic mass is 9.95. The summed E-state index contributed by atoms with van der Waals surface area (Å²) in [4.78, 5) is 70.0. The molecule has 5 heterocycles. The summed E-state index contributed by atoms with van der Waals surface area (Å²) in [5.74, 6) is -0.592. The molecule has 0 saturated carbocycles. The van der Waals surface area contributed by atoms with Crippen LogP contribution in [0.2, 0.25) is 0 Å². The number of amides is 4. The van der Waals surface area contributed by atoms with Crippen LogP contribution in [0.5, 0.6) is 0 Å². The van der Waals surface area contributed by atoms with E-state index in [0.29, 0.717) is 43.1 Å². The first-order chi connectivity index (χ1) is 23.8. The van der Waals surface area contributed by atoms with Crippen LogP contribution in [0.15, 0.2) is 79.4 Å². The molecule has 3 aromatic carbocycles. The van der Waals surface area contributed by atoms with Crippen molar-refractivity contribution < 1.29 is 19.2 Å². The summed E-state index contributed by atoms with van der Waals surface area (Å²) in [7, 11) is 0. The number of benzene rings is 3. The minimum absolute atomic E-state index is 0.0908. The number of aryl methyl sites for hydroxylation is 1. The van der Waals surface area contributed by atoms with Crippen molar-refractivity contribution in [2.45, 2.75) is 38.8 Å². The van der Waals surface area contributed by atoms with Crippen molar-refractivity contribution in [3.05, 3.63) is 113 Å². The van der Waals surface area contributed by atoms with Gasteiger partial charge in [0.15, 0.2) is 0 Å². The zero-order chi connectivity index (χ0) is 33.6. The molecular formula is C37H34N8O4. The Kier molecular flexibility index (Phi) is 7.72. The third kappa shape index (κ3) is 5.73. The van der Waals surface area contributed by atoms with E-state index in [1.54, 1.807) is 34.3 Å². The lowest BCUT2D eigenvalue weighted by molar-refractivity contribution is -0.134. The van der Waals surface area contributed by atoms with E-state index in [-0.39, 0.29) is 24.1 Å². The first-order valence-electron chi connectivity index (χ1n) is 16.5. The summed E-state index contributed by atoms with van der Waals surface area (Å²) in [6.07, 6.45) is 6.24. The monoisotopic (exact) mass is 654 g/mol. The van der Waals surface area contributed by atoms with Gasteiger partial charge in [0.25, 0.3) is 11.8 Å². The van der Waals surface area contributed by atoms with Gasteiger partial charge >= 0.3 is 0 Å². The maximum absolute atomic E-state index is 13.5. The number of nitrogens with zero attached hydrogens (tertiary/aromatic N) is 7. The van der Waals surface area contributed by atoms with Gasteiger partial charge in [0.1, 0.15) is 18.1 Å². The van der Waals surface area contributed by atoms with Crippen LogP contribution in [0.3, 0.4) is 0 Å². The van der Waals surface area contributed by atoms with E-state index < -0.39 is 11.9 Å². The predicted octanol–water partition coefficient (Wildman–Crippen LogP) is 3.44. The molecule has 3 aliphatic heterocycles. The summed E-state index contributed by atoms with van der Waals surface area (Å²) in [6.45, 7) is 5.42. The van der Waals surface area contributed by atoms with Crippen LogP contribution in [0.25, 0.3) is 16.7 Å². The molecule has 4 amide bonds. The quantitative estimate of drug-likeness (QED) is 0.264. The minimum Gasteiger partial charge on any atom is -0.335 e. The van der Waals surface area contributed by atoms with Crippen LogP contribution in [0.1, 0.15) is 56.1 Å². The number of carbonyl (C=O) groups excluding carboxylic acids is 4. The Morgan fingerprint density at radius 2 is 1.73 bits per heavy atom. The highest BCUT2D eigenvalue weighted by Crippen LogP contribution is 2.41. The van der Waals surface area contributed by atoms with Crippen molar-refractivity contribution in [1.29, 1.82) is 0 Å². The lowest BCUT2D eigenvalue weighted by Gasteiger charge is -2.34. The van der Waals surface area contributed by atoms with Crippen LogP contribution in [-0.2, 0) is 22.6 Å². The summed E-state index contributed by atoms with van der Waals surface area (Å²) < 4.78 is 1.70. The molecule has 3 aliphatic rings. The molecule has 12 nitrogen and oxygen atoms in total. The number of anilines is 1. The van der Waals surface area contributed by atoms with Crippen molar-refractivity contribution in [3.8, 4) is 5.95 Å². The fraction of sp³-hybridized carbons (Fsp3) is 0.270. The molecule has 0 aliphatic carbocycles. The Hall–Kier alpha value is -5.75. The van der Waals surface area contributed by atoms with Crippen molar-refractivity contribution in [2.75, 3.05) is 31.1 Å². The molecule has 246 valence electrons. The second-order valence-corrected chi connectivity index (χ2v) is 12.8. The van der Waals surface area contributed by atoms with Gasteiger partial charge in [-0.2, -0.15) is 0 Å². The van der Waals surface area contributed by atoms with E-state index in [4.69, 9.17) is 0 Å². The van der Waals surface area contributed by atoms with E-state index in [0.717, 1.165) is 52.9 Å². The molecule has 0 spiro atoms. The number of aromatic nitrogens is 4. The Morgan fingerprint density at radius 3 is 2.49 bits per heavy atom. The number of carbonyl (C=O) groups is 4. The average molecular weight is 655 g/mol. The van der Waals surface area contributed by atoms with Crippen LogP contribution in [-0.4, -0.2) is 85.2 Å². The van der Waals surface area contributed by atoms with Crippen LogP contribution < -0.4 is 10.2 Å². The van der Waals surface area contributed by atoms with Gasteiger partial charge in [0, 0.05) is 68.2 Å². The van der Waals surface area contributed by atoms with Gasteiger partial charge in [-0.3, -0.25) is 38.9 Å². The van der Waals surface area contributed by atoms with E-state index in [1.165, 1.54) is 5.56 Å². The summed E-state index contributed by atoms with van der Waals surface area (Å²) in [5.41, 5.74) is 5.87. The molecule has 2 saturated heterocycles. The SMILES string of the molecule is Cc1cc(C(=O)N2CCN(Cc3ccc(Cc4ccc5c6c(cccc46)C(=O)N5C4CCC(=O)NC4=O)cc3)CC2)nc(-n2ccnc2)n1. The molecule has 0 radical (unpaired) electrons. The highest BCUT2D eigenvalue weighted by molar-refractivity contribution is 6.27. The number of hydrogen-bond donors (Lipinski definition) is 1. The summed E-state index contributed by atoms with van der Waals surface area (Å²) in [6, 6.07) is 19.3. The Morgan fingerprint density at radius 1 is 0.939 bits per heavy atom. The molecule has 12 heteroatoms. The number of rotatable bonds is 7. The van der Waals surface area contributed by atoms with Gasteiger partial charge in [-0.1, -0.05) is 42.5 Å². The molecule has 1 N–H and O–H groups in total. The highest BCUT2D eigenvalue weighted by Gasteiger charge is 2.40. The number of nitrogens with one attached hydrogen (secondary N) is 1. The Balaban J connectivity index is 0.914. The first-order valence-corrected chi connectivity index (χ1v) is 16.5.